The summed E-state index contributed by atoms with van der Waals surface area (Å²) in [6, 6.07) is 13.4. The highest BCUT2D eigenvalue weighted by Crippen LogP contribution is 2.34. The average Bonchev–Trinajstić information content (AvgIpc) is 3.09. The van der Waals surface area contributed by atoms with E-state index < -0.39 is 17.7 Å². The molecule has 2 aromatic carbocycles. The maximum absolute atomic E-state index is 13.2. The molecule has 1 N–H and O–H groups in total. The normalized spacial score (nSPS) is 14.3. The van der Waals surface area contributed by atoms with Crippen LogP contribution < -0.4 is 10.1 Å². The van der Waals surface area contributed by atoms with Crippen LogP contribution in [0.5, 0.6) is 5.75 Å². The van der Waals surface area contributed by atoms with Crippen LogP contribution in [-0.4, -0.2) is 22.2 Å². The van der Waals surface area contributed by atoms with Crippen molar-refractivity contribution in [1.29, 1.82) is 0 Å². The summed E-state index contributed by atoms with van der Waals surface area (Å²) in [7, 11) is 0. The van der Waals surface area contributed by atoms with Gasteiger partial charge in [0.25, 0.3) is 0 Å². The first kappa shape index (κ1) is 29.8. The fourth-order valence-corrected chi connectivity index (χ4v) is 4.64. The average molecular weight is 536 g/mol. The van der Waals surface area contributed by atoms with Crippen molar-refractivity contribution in [3.05, 3.63) is 96.0 Å². The van der Waals surface area contributed by atoms with Crippen molar-refractivity contribution in [3.63, 3.8) is 0 Å². The summed E-state index contributed by atoms with van der Waals surface area (Å²) in [4.78, 5) is 16.9. The lowest BCUT2D eigenvalue weighted by Crippen LogP contribution is -2.27. The number of nitrogens with one attached hydrogen (secondary N) is 1. The van der Waals surface area contributed by atoms with Crippen molar-refractivity contribution in [2.75, 3.05) is 6.54 Å². The van der Waals surface area contributed by atoms with E-state index in [9.17, 15) is 13.6 Å². The van der Waals surface area contributed by atoms with E-state index in [0.29, 0.717) is 12.5 Å². The second kappa shape index (κ2) is 15.6. The quantitative estimate of drug-likeness (QED) is 0.265. The van der Waals surface area contributed by atoms with Crippen LogP contribution in [0.2, 0.25) is 0 Å². The summed E-state index contributed by atoms with van der Waals surface area (Å²) >= 11 is 0. The molecule has 0 saturated carbocycles. The van der Waals surface area contributed by atoms with Crippen molar-refractivity contribution in [3.8, 4) is 17.0 Å². The number of hydrogen-bond acceptors (Lipinski definition) is 3. The SMILES string of the molecule is CC.Cc1nc(-c2ccccc2)c(C2C=CC=CCC2)n1CCCCCCNC(=O)Oc1ccc(F)c(F)c1. The first-order valence-electron chi connectivity index (χ1n) is 13.9. The van der Waals surface area contributed by atoms with E-state index >= 15 is 0 Å². The molecule has 7 heteroatoms. The van der Waals surface area contributed by atoms with Crippen molar-refractivity contribution in [2.24, 2.45) is 0 Å². The molecule has 1 heterocycles. The summed E-state index contributed by atoms with van der Waals surface area (Å²) < 4.78 is 33.6. The number of imidazole rings is 1. The van der Waals surface area contributed by atoms with Crippen LogP contribution in [0.4, 0.5) is 13.6 Å². The van der Waals surface area contributed by atoms with E-state index in [1.807, 2.05) is 19.9 Å². The number of hydrogen-bond donors (Lipinski definition) is 1. The van der Waals surface area contributed by atoms with Gasteiger partial charge in [-0.2, -0.15) is 0 Å². The number of rotatable bonds is 10. The minimum absolute atomic E-state index is 0.0305. The van der Waals surface area contributed by atoms with Gasteiger partial charge < -0.3 is 14.6 Å². The molecule has 0 saturated heterocycles. The Bertz CT molecular complexity index is 1250. The highest BCUT2D eigenvalue weighted by atomic mass is 19.2. The van der Waals surface area contributed by atoms with Gasteiger partial charge in [-0.05, 0) is 44.7 Å². The number of benzene rings is 2. The minimum Gasteiger partial charge on any atom is -0.410 e. The monoisotopic (exact) mass is 535 g/mol. The number of amides is 1. The minimum atomic E-state index is -1.05. The van der Waals surface area contributed by atoms with Crippen molar-refractivity contribution in [1.82, 2.24) is 14.9 Å². The third-order valence-electron chi connectivity index (χ3n) is 6.51. The summed E-state index contributed by atoms with van der Waals surface area (Å²) in [5, 5.41) is 2.66. The van der Waals surface area contributed by atoms with E-state index in [1.165, 1.54) is 11.8 Å². The number of aromatic nitrogens is 2. The Morgan fingerprint density at radius 3 is 2.56 bits per heavy atom. The van der Waals surface area contributed by atoms with Crippen LogP contribution in [0.25, 0.3) is 11.3 Å². The van der Waals surface area contributed by atoms with Crippen LogP contribution in [-0.2, 0) is 6.54 Å². The van der Waals surface area contributed by atoms with Gasteiger partial charge in [0.1, 0.15) is 11.6 Å². The van der Waals surface area contributed by atoms with Crippen molar-refractivity contribution in [2.45, 2.75) is 71.8 Å². The van der Waals surface area contributed by atoms with Gasteiger partial charge in [0, 0.05) is 30.6 Å². The molecular formula is C32H39F2N3O2. The fourth-order valence-electron chi connectivity index (χ4n) is 4.64. The Balaban J connectivity index is 0.00000205. The van der Waals surface area contributed by atoms with Gasteiger partial charge in [0.2, 0.25) is 0 Å². The number of carbonyl (C=O) groups is 1. The molecule has 1 aliphatic carbocycles. The molecule has 0 bridgehead atoms. The third kappa shape index (κ3) is 8.63. The van der Waals surface area contributed by atoms with Gasteiger partial charge in [-0.25, -0.2) is 18.6 Å². The molecule has 0 spiro atoms. The van der Waals surface area contributed by atoms with Crippen LogP contribution in [0.15, 0.2) is 72.8 Å². The molecule has 1 unspecified atom stereocenters. The highest BCUT2D eigenvalue weighted by molar-refractivity contribution is 5.70. The first-order chi connectivity index (χ1) is 19.0. The number of nitrogens with zero attached hydrogens (tertiary/aromatic N) is 2. The number of carbonyl (C=O) groups excluding carboxylic acids is 1. The lowest BCUT2D eigenvalue weighted by Gasteiger charge is -2.18. The molecule has 1 aliphatic rings. The first-order valence-corrected chi connectivity index (χ1v) is 13.9. The van der Waals surface area contributed by atoms with Gasteiger partial charge in [-0.3, -0.25) is 0 Å². The molecule has 1 aromatic heterocycles. The largest absolute Gasteiger partial charge is 0.412 e. The van der Waals surface area contributed by atoms with E-state index in [0.717, 1.165) is 74.3 Å². The second-order valence-electron chi connectivity index (χ2n) is 9.21. The molecule has 208 valence electrons. The number of ether oxygens (including phenoxy) is 1. The molecule has 1 amide bonds. The molecule has 0 fully saturated rings. The predicted octanol–water partition coefficient (Wildman–Crippen LogP) is 8.50. The molecule has 5 nitrogen and oxygen atoms in total. The number of aryl methyl sites for hydroxylation is 1. The zero-order valence-corrected chi connectivity index (χ0v) is 23.1. The third-order valence-corrected chi connectivity index (χ3v) is 6.51. The molecule has 1 atom stereocenters. The van der Waals surface area contributed by atoms with Gasteiger partial charge in [0.05, 0.1) is 11.4 Å². The van der Waals surface area contributed by atoms with Gasteiger partial charge in [0.15, 0.2) is 11.6 Å². The molecule has 39 heavy (non-hydrogen) atoms. The zero-order valence-electron chi connectivity index (χ0n) is 23.1. The van der Waals surface area contributed by atoms with E-state index in [-0.39, 0.29) is 5.75 Å². The van der Waals surface area contributed by atoms with Gasteiger partial charge in [-0.15, -0.1) is 0 Å². The van der Waals surface area contributed by atoms with Crippen LogP contribution >= 0.6 is 0 Å². The lowest BCUT2D eigenvalue weighted by molar-refractivity contribution is 0.200. The van der Waals surface area contributed by atoms with Crippen molar-refractivity contribution >= 4 is 6.09 Å². The molecule has 0 radical (unpaired) electrons. The Morgan fingerprint density at radius 2 is 1.79 bits per heavy atom. The standard InChI is InChI=1S/C30H33F2N3O2.C2H6/c1-22-34-28(23-13-9-6-10-14-23)29(24-15-7-2-3-8-16-24)35(22)20-12-5-4-11-19-33-30(36)37-25-17-18-26(31)27(32)21-25;1-2/h2-3,6-7,9-10,13-15,17-18,21,24H,4-5,8,11-12,16,19-20H2,1H3,(H,33,36);1-2H3. The topological polar surface area (TPSA) is 56.2 Å². The van der Waals surface area contributed by atoms with Gasteiger partial charge >= 0.3 is 6.09 Å². The summed E-state index contributed by atoms with van der Waals surface area (Å²) in [6.45, 7) is 7.43. The van der Waals surface area contributed by atoms with E-state index in [2.05, 4.69) is 65.4 Å². The van der Waals surface area contributed by atoms with Crippen molar-refractivity contribution < 1.29 is 18.3 Å². The van der Waals surface area contributed by atoms with E-state index in [4.69, 9.17) is 9.72 Å². The zero-order chi connectivity index (χ0) is 28.0. The Hall–Kier alpha value is -3.74. The maximum Gasteiger partial charge on any atom is 0.412 e. The second-order valence-corrected chi connectivity index (χ2v) is 9.21. The van der Waals surface area contributed by atoms with Crippen LogP contribution in [0.1, 0.15) is 69.8 Å². The summed E-state index contributed by atoms with van der Waals surface area (Å²) in [6.07, 6.45) is 14.0. The number of allylic oxidation sites excluding steroid dienone is 4. The Morgan fingerprint density at radius 1 is 1.03 bits per heavy atom. The molecular weight excluding hydrogens is 496 g/mol. The number of unbranched alkanes of at least 4 members (excludes halogenated alkanes) is 3. The summed E-state index contributed by atoms with van der Waals surface area (Å²) in [5.41, 5.74) is 3.50. The van der Waals surface area contributed by atoms with Crippen LogP contribution in [0, 0.1) is 18.6 Å². The molecule has 4 rings (SSSR count). The smallest absolute Gasteiger partial charge is 0.410 e. The maximum atomic E-state index is 13.2. The van der Waals surface area contributed by atoms with Gasteiger partial charge in [-0.1, -0.05) is 81.3 Å². The predicted molar refractivity (Wildman–Crippen MR) is 153 cm³/mol. The molecule has 0 aliphatic heterocycles. The summed E-state index contributed by atoms with van der Waals surface area (Å²) in [5.74, 6) is -0.719. The number of halogens is 2. The fraction of sp³-hybridized carbons (Fsp3) is 0.375. The van der Waals surface area contributed by atoms with E-state index in [1.54, 1.807) is 0 Å². The van der Waals surface area contributed by atoms with Crippen LogP contribution in [0.3, 0.4) is 0 Å². The lowest BCUT2D eigenvalue weighted by atomic mass is 9.95. The molecule has 3 aromatic rings. The Labute approximate surface area is 230 Å². The Kier molecular flexibility index (Phi) is 11.9. The highest BCUT2D eigenvalue weighted by Gasteiger charge is 2.22.